The molecule has 0 fully saturated rings. The second kappa shape index (κ2) is 7.34. The Balaban J connectivity index is 1.36. The van der Waals surface area contributed by atoms with E-state index in [0.717, 1.165) is 24.1 Å². The molecular weight excluding hydrogens is 348 g/mol. The van der Waals surface area contributed by atoms with E-state index in [9.17, 15) is 4.79 Å². The average molecular weight is 367 g/mol. The highest BCUT2D eigenvalue weighted by atomic mass is 35.5. The van der Waals surface area contributed by atoms with Crippen molar-refractivity contribution in [3.8, 4) is 11.3 Å². The van der Waals surface area contributed by atoms with Gasteiger partial charge in [0.25, 0.3) is 0 Å². The molecule has 1 amide bonds. The van der Waals surface area contributed by atoms with Gasteiger partial charge in [0.2, 0.25) is 5.91 Å². The van der Waals surface area contributed by atoms with E-state index in [1.807, 2.05) is 30.3 Å². The zero-order chi connectivity index (χ0) is 17.9. The Labute approximate surface area is 157 Å². The summed E-state index contributed by atoms with van der Waals surface area (Å²) < 4.78 is 5.74. The number of aryl methyl sites for hydroxylation is 3. The number of hydrogen-bond donors (Lipinski definition) is 1. The Morgan fingerprint density at radius 2 is 2.00 bits per heavy atom. The van der Waals surface area contributed by atoms with Crippen molar-refractivity contribution in [1.29, 1.82) is 0 Å². The first-order chi connectivity index (χ1) is 12.7. The molecule has 0 saturated carbocycles. The minimum absolute atomic E-state index is 0.0413. The highest BCUT2D eigenvalue weighted by molar-refractivity contribution is 6.33. The third kappa shape index (κ3) is 3.65. The standard InChI is InChI=1S/C21H19ClN2O2/c22-18-7-2-1-6-17(18)19-13-23-21(26-19)11-10-20(25)24-16-9-8-14-4-3-5-15(14)12-16/h1-2,6-9,12-13H,3-5,10-11H2,(H,24,25). The smallest absolute Gasteiger partial charge is 0.224 e. The molecule has 1 aliphatic carbocycles. The van der Waals surface area contributed by atoms with Crippen LogP contribution in [0.15, 0.2) is 53.1 Å². The summed E-state index contributed by atoms with van der Waals surface area (Å²) in [4.78, 5) is 16.5. The number of hydrogen-bond acceptors (Lipinski definition) is 3. The molecule has 26 heavy (non-hydrogen) atoms. The van der Waals surface area contributed by atoms with Gasteiger partial charge in [0, 0.05) is 24.1 Å². The maximum Gasteiger partial charge on any atom is 0.224 e. The van der Waals surface area contributed by atoms with Crippen molar-refractivity contribution in [2.75, 3.05) is 5.32 Å². The van der Waals surface area contributed by atoms with Gasteiger partial charge < -0.3 is 9.73 Å². The summed E-state index contributed by atoms with van der Waals surface area (Å²) in [6, 6.07) is 13.6. The van der Waals surface area contributed by atoms with Crippen molar-refractivity contribution in [1.82, 2.24) is 4.98 Å². The van der Waals surface area contributed by atoms with Crippen molar-refractivity contribution in [2.24, 2.45) is 0 Å². The highest BCUT2D eigenvalue weighted by Crippen LogP contribution is 2.28. The van der Waals surface area contributed by atoms with Crippen molar-refractivity contribution >= 4 is 23.2 Å². The number of carbonyl (C=O) groups excluding carboxylic acids is 1. The quantitative estimate of drug-likeness (QED) is 0.687. The normalized spacial score (nSPS) is 12.8. The largest absolute Gasteiger partial charge is 0.441 e. The molecule has 0 spiro atoms. The predicted molar refractivity (Wildman–Crippen MR) is 102 cm³/mol. The van der Waals surface area contributed by atoms with Crippen LogP contribution in [0.25, 0.3) is 11.3 Å². The molecule has 0 aliphatic heterocycles. The molecule has 0 atom stereocenters. The second-order valence-corrected chi connectivity index (χ2v) is 6.89. The number of carbonyl (C=O) groups is 1. The molecular formula is C21H19ClN2O2. The van der Waals surface area contributed by atoms with Crippen molar-refractivity contribution in [2.45, 2.75) is 32.1 Å². The summed E-state index contributed by atoms with van der Waals surface area (Å²) >= 11 is 6.17. The summed E-state index contributed by atoms with van der Waals surface area (Å²) in [7, 11) is 0. The Bertz CT molecular complexity index is 949. The van der Waals surface area contributed by atoms with Gasteiger partial charge in [-0.2, -0.15) is 0 Å². The van der Waals surface area contributed by atoms with Crippen LogP contribution in [0.4, 0.5) is 5.69 Å². The van der Waals surface area contributed by atoms with Gasteiger partial charge >= 0.3 is 0 Å². The summed E-state index contributed by atoms with van der Waals surface area (Å²) in [6.07, 6.45) is 5.85. The van der Waals surface area contributed by atoms with Gasteiger partial charge in [-0.3, -0.25) is 4.79 Å². The lowest BCUT2D eigenvalue weighted by atomic mass is 10.1. The lowest BCUT2D eigenvalue weighted by Gasteiger charge is -2.07. The van der Waals surface area contributed by atoms with Crippen LogP contribution in [0, 0.1) is 0 Å². The van der Waals surface area contributed by atoms with Crippen LogP contribution < -0.4 is 5.32 Å². The Kier molecular flexibility index (Phi) is 4.76. The van der Waals surface area contributed by atoms with Gasteiger partial charge in [-0.15, -0.1) is 0 Å². The van der Waals surface area contributed by atoms with Crippen molar-refractivity contribution < 1.29 is 9.21 Å². The third-order valence-electron chi connectivity index (χ3n) is 4.64. The van der Waals surface area contributed by atoms with E-state index in [1.54, 1.807) is 6.20 Å². The zero-order valence-electron chi connectivity index (χ0n) is 14.3. The van der Waals surface area contributed by atoms with E-state index >= 15 is 0 Å². The summed E-state index contributed by atoms with van der Waals surface area (Å²) in [5.41, 5.74) is 4.41. The summed E-state index contributed by atoms with van der Waals surface area (Å²) in [5, 5.41) is 3.58. The van der Waals surface area contributed by atoms with Crippen LogP contribution in [0.5, 0.6) is 0 Å². The number of aromatic nitrogens is 1. The van der Waals surface area contributed by atoms with E-state index < -0.39 is 0 Å². The number of halogens is 1. The lowest BCUT2D eigenvalue weighted by Crippen LogP contribution is -2.12. The molecule has 4 rings (SSSR count). The number of anilines is 1. The SMILES string of the molecule is O=C(CCc1ncc(-c2ccccc2Cl)o1)Nc1ccc2c(c1)CCC2. The predicted octanol–water partition coefficient (Wildman–Crippen LogP) is 5.06. The number of benzene rings is 2. The maximum atomic E-state index is 12.2. The third-order valence-corrected chi connectivity index (χ3v) is 4.97. The molecule has 0 unspecified atom stereocenters. The molecule has 4 nitrogen and oxygen atoms in total. The second-order valence-electron chi connectivity index (χ2n) is 6.48. The number of fused-ring (bicyclic) bond motifs is 1. The Morgan fingerprint density at radius 3 is 2.88 bits per heavy atom. The topological polar surface area (TPSA) is 55.1 Å². The first kappa shape index (κ1) is 16.9. The first-order valence-corrected chi connectivity index (χ1v) is 9.18. The average Bonchev–Trinajstić information content (AvgIpc) is 3.29. The Hall–Kier alpha value is -2.59. The molecule has 2 aromatic carbocycles. The number of nitrogens with one attached hydrogen (secondary N) is 1. The molecule has 0 saturated heterocycles. The fourth-order valence-electron chi connectivity index (χ4n) is 3.30. The van der Waals surface area contributed by atoms with E-state index in [2.05, 4.69) is 22.4 Å². The molecule has 1 aliphatic rings. The molecule has 3 aromatic rings. The van der Waals surface area contributed by atoms with E-state index in [4.69, 9.17) is 16.0 Å². The van der Waals surface area contributed by atoms with Gasteiger partial charge in [0.05, 0.1) is 11.2 Å². The van der Waals surface area contributed by atoms with Crippen LogP contribution in [0.2, 0.25) is 5.02 Å². The molecule has 0 bridgehead atoms. The minimum atomic E-state index is -0.0413. The van der Waals surface area contributed by atoms with Gasteiger partial charge in [0.15, 0.2) is 11.7 Å². The van der Waals surface area contributed by atoms with Crippen LogP contribution in [0.1, 0.15) is 29.9 Å². The van der Waals surface area contributed by atoms with Crippen LogP contribution in [-0.4, -0.2) is 10.9 Å². The Morgan fingerprint density at radius 1 is 1.15 bits per heavy atom. The van der Waals surface area contributed by atoms with Gasteiger partial charge in [-0.05, 0) is 54.7 Å². The number of amides is 1. The molecule has 1 heterocycles. The fourth-order valence-corrected chi connectivity index (χ4v) is 3.53. The van der Waals surface area contributed by atoms with Crippen molar-refractivity contribution in [3.63, 3.8) is 0 Å². The molecule has 132 valence electrons. The number of oxazole rings is 1. The van der Waals surface area contributed by atoms with E-state index in [1.165, 1.54) is 17.5 Å². The van der Waals surface area contributed by atoms with Gasteiger partial charge in [-0.1, -0.05) is 29.8 Å². The highest BCUT2D eigenvalue weighted by Gasteiger charge is 2.13. The first-order valence-electron chi connectivity index (χ1n) is 8.80. The van der Waals surface area contributed by atoms with Gasteiger partial charge in [0.1, 0.15) is 0 Å². The monoisotopic (exact) mass is 366 g/mol. The minimum Gasteiger partial charge on any atom is -0.441 e. The zero-order valence-corrected chi connectivity index (χ0v) is 15.1. The number of nitrogens with zero attached hydrogens (tertiary/aromatic N) is 1. The lowest BCUT2D eigenvalue weighted by molar-refractivity contribution is -0.116. The summed E-state index contributed by atoms with van der Waals surface area (Å²) in [5.74, 6) is 1.11. The maximum absolute atomic E-state index is 12.2. The van der Waals surface area contributed by atoms with Crippen LogP contribution in [0.3, 0.4) is 0 Å². The number of rotatable bonds is 5. The molecule has 1 N–H and O–H groups in total. The van der Waals surface area contributed by atoms with Crippen LogP contribution in [-0.2, 0) is 24.1 Å². The molecule has 0 radical (unpaired) electrons. The molecule has 5 heteroatoms. The van der Waals surface area contributed by atoms with Crippen molar-refractivity contribution in [3.05, 3.63) is 70.7 Å². The van der Waals surface area contributed by atoms with E-state index in [-0.39, 0.29) is 5.91 Å². The van der Waals surface area contributed by atoms with Crippen LogP contribution >= 0.6 is 11.6 Å². The summed E-state index contributed by atoms with van der Waals surface area (Å²) in [6.45, 7) is 0. The fraction of sp³-hybridized carbons (Fsp3) is 0.238. The van der Waals surface area contributed by atoms with E-state index in [0.29, 0.717) is 29.5 Å². The van der Waals surface area contributed by atoms with Gasteiger partial charge in [-0.25, -0.2) is 4.98 Å². The molecule has 1 aromatic heterocycles.